The Hall–Kier alpha value is -2.26. The average Bonchev–Trinajstić information content (AvgIpc) is 3.05. The molecular formula is C16H20N4O4S. The molecule has 0 saturated carbocycles. The molecule has 1 aromatic carbocycles. The minimum Gasteiger partial charge on any atom is -0.504 e. The molecule has 25 heavy (non-hydrogen) atoms. The van der Waals surface area contributed by atoms with Crippen molar-refractivity contribution in [2.75, 3.05) is 37.0 Å². The zero-order valence-corrected chi connectivity index (χ0v) is 14.7. The summed E-state index contributed by atoms with van der Waals surface area (Å²) in [5.74, 6) is 0.264. The molecule has 0 atom stereocenters. The first-order valence-corrected chi connectivity index (χ1v) is 9.02. The maximum absolute atomic E-state index is 12.3. The van der Waals surface area contributed by atoms with Crippen LogP contribution in [0.4, 0.5) is 5.95 Å². The maximum atomic E-state index is 12.3. The number of morpholine rings is 1. The molecule has 1 aliphatic rings. The first kappa shape index (κ1) is 17.6. The number of hydrogen-bond donors (Lipinski definition) is 2. The molecule has 0 aliphatic carbocycles. The molecule has 0 radical (unpaired) electrons. The van der Waals surface area contributed by atoms with Crippen LogP contribution in [-0.4, -0.2) is 62.8 Å². The van der Waals surface area contributed by atoms with Crippen molar-refractivity contribution >= 4 is 23.5 Å². The zero-order valence-electron chi connectivity index (χ0n) is 13.9. The van der Waals surface area contributed by atoms with Crippen LogP contribution in [0.15, 0.2) is 23.4 Å². The van der Waals surface area contributed by atoms with Gasteiger partial charge in [-0.1, -0.05) is 11.8 Å². The number of aromatic nitrogens is 3. The van der Waals surface area contributed by atoms with Gasteiger partial charge in [0.25, 0.3) is 0 Å². The van der Waals surface area contributed by atoms with Crippen LogP contribution in [0.25, 0.3) is 0 Å². The summed E-state index contributed by atoms with van der Waals surface area (Å²) in [6, 6.07) is 4.06. The molecular weight excluding hydrogens is 344 g/mol. The third-order valence-electron chi connectivity index (χ3n) is 3.94. The van der Waals surface area contributed by atoms with Crippen molar-refractivity contribution < 1.29 is 19.7 Å². The molecule has 1 fully saturated rings. The van der Waals surface area contributed by atoms with Gasteiger partial charge < -0.3 is 19.8 Å². The van der Waals surface area contributed by atoms with Gasteiger partial charge in [0.15, 0.2) is 22.4 Å². The predicted molar refractivity (Wildman–Crippen MR) is 93.6 cm³/mol. The lowest BCUT2D eigenvalue weighted by atomic mass is 10.1. The Balaban J connectivity index is 1.69. The Bertz CT molecular complexity index is 759. The number of phenols is 2. The molecule has 3 rings (SSSR count). The quantitative estimate of drug-likeness (QED) is 0.452. The average molecular weight is 364 g/mol. The lowest BCUT2D eigenvalue weighted by molar-refractivity contribution is 0.102. The largest absolute Gasteiger partial charge is 0.504 e. The summed E-state index contributed by atoms with van der Waals surface area (Å²) in [5, 5.41) is 28.0. The number of phenolic OH excluding ortho intramolecular Hbond substituents is 2. The zero-order chi connectivity index (χ0) is 17.8. The molecule has 8 nitrogen and oxygen atoms in total. The highest BCUT2D eigenvalue weighted by molar-refractivity contribution is 7.99. The molecule has 2 aromatic rings. The van der Waals surface area contributed by atoms with Crippen molar-refractivity contribution in [2.24, 2.45) is 0 Å². The summed E-state index contributed by atoms with van der Waals surface area (Å²) in [4.78, 5) is 14.4. The van der Waals surface area contributed by atoms with Crippen LogP contribution in [0, 0.1) is 0 Å². The monoisotopic (exact) mass is 364 g/mol. The molecule has 9 heteroatoms. The number of anilines is 1. The van der Waals surface area contributed by atoms with Crippen LogP contribution in [0.5, 0.6) is 11.5 Å². The summed E-state index contributed by atoms with van der Waals surface area (Å²) in [6.45, 7) is 5.60. The van der Waals surface area contributed by atoms with Gasteiger partial charge in [0.05, 0.1) is 19.0 Å². The fraction of sp³-hybridized carbons (Fsp3) is 0.438. The first-order chi connectivity index (χ1) is 12.1. The summed E-state index contributed by atoms with van der Waals surface area (Å²) in [5.41, 5.74) is 0.346. The van der Waals surface area contributed by atoms with Crippen LogP contribution < -0.4 is 4.90 Å². The molecule has 134 valence electrons. The number of carbonyl (C=O) groups is 1. The number of aromatic hydroxyl groups is 2. The van der Waals surface area contributed by atoms with Crippen molar-refractivity contribution in [1.29, 1.82) is 0 Å². The second kappa shape index (κ2) is 7.75. The highest BCUT2D eigenvalue weighted by Gasteiger charge is 2.20. The third-order valence-corrected chi connectivity index (χ3v) is 4.90. The standard InChI is InChI=1S/C16H20N4O4S/c1-2-20-15(19-5-7-24-8-6-19)17-18-16(20)25-10-14(23)11-3-4-12(21)13(22)9-11/h3-4,9,21-22H,2,5-8,10H2,1H3. The number of thioether (sulfide) groups is 1. The van der Waals surface area contributed by atoms with Crippen molar-refractivity contribution in [3.63, 3.8) is 0 Å². The summed E-state index contributed by atoms with van der Waals surface area (Å²) in [6.07, 6.45) is 0. The van der Waals surface area contributed by atoms with E-state index < -0.39 is 0 Å². The van der Waals surface area contributed by atoms with Gasteiger partial charge >= 0.3 is 0 Å². The number of ketones is 1. The SMILES string of the molecule is CCn1c(SCC(=O)c2ccc(O)c(O)c2)nnc1N1CCOCC1. The topological polar surface area (TPSA) is 101 Å². The van der Waals surface area contributed by atoms with Gasteiger partial charge in [-0.05, 0) is 25.1 Å². The lowest BCUT2D eigenvalue weighted by Crippen LogP contribution is -2.38. The second-order valence-electron chi connectivity index (χ2n) is 5.54. The first-order valence-electron chi connectivity index (χ1n) is 8.04. The molecule has 0 bridgehead atoms. The van der Waals surface area contributed by atoms with E-state index in [1.807, 2.05) is 11.5 Å². The van der Waals surface area contributed by atoms with Gasteiger partial charge in [0.2, 0.25) is 5.95 Å². The van der Waals surface area contributed by atoms with E-state index in [0.29, 0.717) is 30.5 Å². The molecule has 1 aliphatic heterocycles. The van der Waals surface area contributed by atoms with E-state index in [9.17, 15) is 15.0 Å². The van der Waals surface area contributed by atoms with Crippen LogP contribution >= 0.6 is 11.8 Å². The Kier molecular flexibility index (Phi) is 5.44. The van der Waals surface area contributed by atoms with Gasteiger partial charge in [0.1, 0.15) is 0 Å². The van der Waals surface area contributed by atoms with E-state index in [0.717, 1.165) is 19.0 Å². The number of ether oxygens (including phenoxy) is 1. The highest BCUT2D eigenvalue weighted by Crippen LogP contribution is 2.27. The predicted octanol–water partition coefficient (Wildman–Crippen LogP) is 1.52. The lowest BCUT2D eigenvalue weighted by Gasteiger charge is -2.27. The summed E-state index contributed by atoms with van der Waals surface area (Å²) in [7, 11) is 0. The van der Waals surface area contributed by atoms with Crippen molar-refractivity contribution in [2.45, 2.75) is 18.6 Å². The van der Waals surface area contributed by atoms with Crippen LogP contribution in [0.3, 0.4) is 0 Å². The van der Waals surface area contributed by atoms with E-state index in [1.165, 1.54) is 30.0 Å². The number of rotatable bonds is 6. The Morgan fingerprint density at radius 2 is 2.00 bits per heavy atom. The van der Waals surface area contributed by atoms with E-state index in [2.05, 4.69) is 15.1 Å². The van der Waals surface area contributed by atoms with Crippen LogP contribution in [0.2, 0.25) is 0 Å². The van der Waals surface area contributed by atoms with E-state index in [1.54, 1.807) is 0 Å². The van der Waals surface area contributed by atoms with Gasteiger partial charge in [-0.15, -0.1) is 10.2 Å². The smallest absolute Gasteiger partial charge is 0.228 e. The van der Waals surface area contributed by atoms with E-state index >= 15 is 0 Å². The van der Waals surface area contributed by atoms with Gasteiger partial charge in [-0.3, -0.25) is 9.36 Å². The molecule has 1 aromatic heterocycles. The van der Waals surface area contributed by atoms with Crippen LogP contribution in [-0.2, 0) is 11.3 Å². The normalized spacial score (nSPS) is 14.7. The molecule has 0 amide bonds. The van der Waals surface area contributed by atoms with E-state index in [4.69, 9.17) is 4.74 Å². The van der Waals surface area contributed by atoms with Gasteiger partial charge in [0, 0.05) is 25.2 Å². The fourth-order valence-electron chi connectivity index (χ4n) is 2.57. The van der Waals surface area contributed by atoms with Gasteiger partial charge in [-0.2, -0.15) is 0 Å². The number of carbonyl (C=O) groups excluding carboxylic acids is 1. The Morgan fingerprint density at radius 1 is 1.24 bits per heavy atom. The molecule has 0 spiro atoms. The molecule has 2 heterocycles. The maximum Gasteiger partial charge on any atom is 0.228 e. The van der Waals surface area contributed by atoms with Crippen molar-refractivity contribution in [3.8, 4) is 11.5 Å². The number of Topliss-reactive ketones (excluding diaryl/α,β-unsaturated/α-hetero) is 1. The molecule has 2 N–H and O–H groups in total. The molecule has 0 unspecified atom stereocenters. The van der Waals surface area contributed by atoms with Crippen LogP contribution in [0.1, 0.15) is 17.3 Å². The number of benzene rings is 1. The molecule has 1 saturated heterocycles. The minimum absolute atomic E-state index is 0.154. The Labute approximate surface area is 149 Å². The summed E-state index contributed by atoms with van der Waals surface area (Å²) < 4.78 is 7.34. The highest BCUT2D eigenvalue weighted by atomic mass is 32.2. The minimum atomic E-state index is -0.304. The fourth-order valence-corrected chi connectivity index (χ4v) is 3.46. The Morgan fingerprint density at radius 3 is 2.68 bits per heavy atom. The van der Waals surface area contributed by atoms with Crippen molar-refractivity contribution in [3.05, 3.63) is 23.8 Å². The second-order valence-corrected chi connectivity index (χ2v) is 6.48. The number of nitrogens with zero attached hydrogens (tertiary/aromatic N) is 4. The van der Waals surface area contributed by atoms with E-state index in [-0.39, 0.29) is 23.0 Å². The van der Waals surface area contributed by atoms with Crippen molar-refractivity contribution in [1.82, 2.24) is 14.8 Å². The number of hydrogen-bond acceptors (Lipinski definition) is 8. The van der Waals surface area contributed by atoms with Gasteiger partial charge in [-0.25, -0.2) is 0 Å². The third kappa shape index (κ3) is 3.88. The summed E-state index contributed by atoms with van der Waals surface area (Å²) >= 11 is 1.31.